The van der Waals surface area contributed by atoms with Crippen LogP contribution in [0.3, 0.4) is 0 Å². The zero-order valence-electron chi connectivity index (χ0n) is 15.5. The summed E-state index contributed by atoms with van der Waals surface area (Å²) in [5, 5.41) is 0. The second kappa shape index (κ2) is 11.3. The molecule has 22 heavy (non-hydrogen) atoms. The van der Waals surface area contributed by atoms with E-state index in [1.165, 1.54) is 83.5 Å². The number of rotatable bonds is 7. The van der Waals surface area contributed by atoms with Crippen LogP contribution < -0.4 is 29.6 Å². The monoisotopic (exact) mass is 314 g/mol. The van der Waals surface area contributed by atoms with Gasteiger partial charge in [0.05, 0.1) is 0 Å². The van der Waals surface area contributed by atoms with Gasteiger partial charge in [0.1, 0.15) is 6.35 Å². The fourth-order valence-corrected chi connectivity index (χ4v) is 5.10. The van der Waals surface area contributed by atoms with E-state index in [-0.39, 0.29) is 29.6 Å². The van der Waals surface area contributed by atoms with Crippen LogP contribution in [0.5, 0.6) is 0 Å². The van der Waals surface area contributed by atoms with Gasteiger partial charge < -0.3 is 4.65 Å². The van der Waals surface area contributed by atoms with Gasteiger partial charge in [-0.1, -0.05) is 84.0 Å². The summed E-state index contributed by atoms with van der Waals surface area (Å²) in [6.45, 7) is 2.28. The van der Waals surface area contributed by atoms with Crippen molar-refractivity contribution >= 4 is 6.35 Å². The third-order valence-electron chi connectivity index (χ3n) is 6.34. The molecule has 0 N–H and O–H groups in total. The van der Waals surface area contributed by atoms with Gasteiger partial charge in [-0.25, -0.2) is 5.98 Å². The molecule has 2 saturated carbocycles. The molecule has 0 aromatic heterocycles. The first-order chi connectivity index (χ1) is 10.3. The molecular formula is C19H36BNaO. The minimum atomic E-state index is -0.737. The van der Waals surface area contributed by atoms with Crippen molar-refractivity contribution in [1.29, 1.82) is 0 Å². The van der Waals surface area contributed by atoms with Crippen LogP contribution in [0.1, 0.15) is 90.4 Å². The summed E-state index contributed by atoms with van der Waals surface area (Å²) >= 11 is 0. The summed E-state index contributed by atoms with van der Waals surface area (Å²) in [6, 6.07) is 0. The molecular weight excluding hydrogens is 278 g/mol. The molecule has 0 heterocycles. The Morgan fingerprint density at radius 1 is 0.909 bits per heavy atom. The molecule has 2 rings (SSSR count). The summed E-state index contributed by atoms with van der Waals surface area (Å²) in [5.41, 5.74) is 0. The first kappa shape index (κ1) is 20.8. The average Bonchev–Trinajstić information content (AvgIpc) is 2.57. The van der Waals surface area contributed by atoms with Gasteiger partial charge in [-0.2, -0.15) is 0 Å². The van der Waals surface area contributed by atoms with Crippen LogP contribution in [0.15, 0.2) is 12.1 Å². The minimum absolute atomic E-state index is 0. The largest absolute Gasteiger partial charge is 1.00 e. The molecule has 0 aromatic carbocycles. The zero-order valence-corrected chi connectivity index (χ0v) is 17.5. The molecule has 0 unspecified atom stereocenters. The summed E-state index contributed by atoms with van der Waals surface area (Å²) in [7, 11) is 2.01. The summed E-state index contributed by atoms with van der Waals surface area (Å²) in [6.07, 6.45) is 19.8. The number of hydrogen-bond donors (Lipinski definition) is 0. The van der Waals surface area contributed by atoms with Crippen molar-refractivity contribution in [3.05, 3.63) is 12.1 Å². The van der Waals surface area contributed by atoms with Crippen molar-refractivity contribution in [1.82, 2.24) is 0 Å². The van der Waals surface area contributed by atoms with Gasteiger partial charge in [-0.3, -0.25) is 0 Å². The Hall–Kier alpha value is 0.765. The molecule has 2 fully saturated rings. The molecule has 122 valence electrons. The third kappa shape index (κ3) is 5.40. The van der Waals surface area contributed by atoms with Crippen LogP contribution in [-0.4, -0.2) is 13.5 Å². The Balaban J connectivity index is 0.00000242. The van der Waals surface area contributed by atoms with E-state index in [4.69, 9.17) is 4.65 Å². The Morgan fingerprint density at radius 2 is 1.41 bits per heavy atom. The van der Waals surface area contributed by atoms with Crippen LogP contribution in [0.25, 0.3) is 0 Å². The maximum atomic E-state index is 6.37. The maximum Gasteiger partial charge on any atom is 1.00 e. The van der Waals surface area contributed by atoms with Crippen molar-refractivity contribution < 1.29 is 34.2 Å². The van der Waals surface area contributed by atoms with E-state index in [0.717, 1.165) is 11.6 Å². The normalized spacial score (nSPS) is 21.9. The van der Waals surface area contributed by atoms with E-state index in [0.29, 0.717) is 0 Å². The second-order valence-electron chi connectivity index (χ2n) is 7.59. The molecule has 0 amide bonds. The number of unbranched alkanes of at least 4 members (excludes halogenated alkanes) is 2. The van der Waals surface area contributed by atoms with Gasteiger partial charge in [0, 0.05) is 0 Å². The van der Waals surface area contributed by atoms with Crippen molar-refractivity contribution in [3.8, 4) is 0 Å². The topological polar surface area (TPSA) is 9.23 Å². The van der Waals surface area contributed by atoms with E-state index >= 15 is 0 Å². The van der Waals surface area contributed by atoms with Gasteiger partial charge in [0.15, 0.2) is 0 Å². The molecule has 0 spiro atoms. The maximum absolute atomic E-state index is 6.37. The van der Waals surface area contributed by atoms with Gasteiger partial charge in [-0.05, 0) is 13.5 Å². The Bertz CT molecular complexity index is 289. The van der Waals surface area contributed by atoms with Crippen molar-refractivity contribution in [2.45, 2.75) is 102 Å². The fraction of sp³-hybridized carbons (Fsp3) is 0.895. The summed E-state index contributed by atoms with van der Waals surface area (Å²) < 4.78 is 6.37. The standard InChI is InChI=1S/C19H36BO.Na/c1-3-4-5-12-17-20(21-2,18-13-8-6-9-14-18)19-15-10-7-11-16-19;/h12,17-19H,3-11,13-16H2,1-2H3;/q-1;+1/b17-12-;. The third-order valence-corrected chi connectivity index (χ3v) is 6.34. The van der Waals surface area contributed by atoms with Gasteiger partial charge in [0.2, 0.25) is 0 Å². The van der Waals surface area contributed by atoms with Crippen LogP contribution in [0.4, 0.5) is 0 Å². The number of hydrogen-bond acceptors (Lipinski definition) is 1. The van der Waals surface area contributed by atoms with Crippen molar-refractivity contribution in [3.63, 3.8) is 0 Å². The van der Waals surface area contributed by atoms with Crippen LogP contribution >= 0.6 is 0 Å². The van der Waals surface area contributed by atoms with Crippen molar-refractivity contribution in [2.75, 3.05) is 7.11 Å². The Labute approximate surface area is 161 Å². The van der Waals surface area contributed by atoms with E-state index in [1.54, 1.807) is 0 Å². The van der Waals surface area contributed by atoms with E-state index in [9.17, 15) is 0 Å². The fourth-order valence-electron chi connectivity index (χ4n) is 5.10. The SMILES string of the molecule is CCCC/C=C\[B-](OC)(C1CCCCC1)C1CCCCC1.[Na+]. The summed E-state index contributed by atoms with van der Waals surface area (Å²) in [4.78, 5) is 0. The van der Waals surface area contributed by atoms with Crippen LogP contribution in [0.2, 0.25) is 11.6 Å². The van der Waals surface area contributed by atoms with Gasteiger partial charge in [0.25, 0.3) is 0 Å². The summed E-state index contributed by atoms with van der Waals surface area (Å²) in [5.74, 6) is 4.22. The Morgan fingerprint density at radius 3 is 1.82 bits per heavy atom. The molecule has 0 saturated heterocycles. The first-order valence-corrected chi connectivity index (χ1v) is 9.73. The quantitative estimate of drug-likeness (QED) is 0.516. The molecule has 0 bridgehead atoms. The van der Waals surface area contributed by atoms with Crippen LogP contribution in [0, 0.1) is 0 Å². The van der Waals surface area contributed by atoms with E-state index in [1.807, 2.05) is 7.11 Å². The first-order valence-electron chi connectivity index (χ1n) is 9.73. The number of allylic oxidation sites excluding steroid dienone is 1. The average molecular weight is 314 g/mol. The second-order valence-corrected chi connectivity index (χ2v) is 7.59. The smallest absolute Gasteiger partial charge is 0.588 e. The molecule has 0 radical (unpaired) electrons. The van der Waals surface area contributed by atoms with Crippen molar-refractivity contribution in [2.24, 2.45) is 0 Å². The molecule has 0 aliphatic heterocycles. The Kier molecular flexibility index (Phi) is 10.7. The van der Waals surface area contributed by atoms with E-state index in [2.05, 4.69) is 19.0 Å². The van der Waals surface area contributed by atoms with Crippen LogP contribution in [-0.2, 0) is 4.65 Å². The molecule has 2 aliphatic rings. The molecule has 0 aromatic rings. The van der Waals surface area contributed by atoms with E-state index < -0.39 is 6.35 Å². The van der Waals surface area contributed by atoms with Gasteiger partial charge >= 0.3 is 29.6 Å². The predicted molar refractivity (Wildman–Crippen MR) is 95.1 cm³/mol. The molecule has 1 nitrogen and oxygen atoms in total. The molecule has 0 atom stereocenters. The molecule has 2 aliphatic carbocycles. The van der Waals surface area contributed by atoms with Gasteiger partial charge in [-0.15, -0.1) is 17.7 Å². The zero-order chi connectivity index (χ0) is 15.0. The minimum Gasteiger partial charge on any atom is -0.588 e. The molecule has 3 heteroatoms. The predicted octanol–water partition coefficient (Wildman–Crippen LogP) is 3.54.